The van der Waals surface area contributed by atoms with Crippen LogP contribution in [0, 0.1) is 5.92 Å². The first-order chi connectivity index (χ1) is 9.89. The van der Waals surface area contributed by atoms with Crippen molar-refractivity contribution in [3.8, 4) is 0 Å². The first-order valence-electron chi connectivity index (χ1n) is 7.65. The lowest BCUT2D eigenvalue weighted by atomic mass is 10.1. The average molecular weight is 310 g/mol. The molecule has 4 nitrogen and oxygen atoms in total. The molecule has 1 fully saturated rings. The van der Waals surface area contributed by atoms with Crippen LogP contribution >= 0.6 is 0 Å². The maximum atomic E-state index is 11.7. The number of anilines is 1. The molecule has 1 aliphatic rings. The Labute approximate surface area is 128 Å². The number of nitrogens with zero attached hydrogens (tertiary/aromatic N) is 1. The summed E-state index contributed by atoms with van der Waals surface area (Å²) >= 11 is 0. The summed E-state index contributed by atoms with van der Waals surface area (Å²) in [4.78, 5) is 2.23. The monoisotopic (exact) mass is 310 g/mol. The van der Waals surface area contributed by atoms with Crippen LogP contribution in [0.25, 0.3) is 0 Å². The van der Waals surface area contributed by atoms with Crippen LogP contribution in [0.5, 0.6) is 0 Å². The Kier molecular flexibility index (Phi) is 5.27. The zero-order valence-corrected chi connectivity index (χ0v) is 14.0. The molecule has 0 bridgehead atoms. The molecule has 2 rings (SSSR count). The maximum absolute atomic E-state index is 11.7. The topological polar surface area (TPSA) is 49.4 Å². The number of nitrogens with one attached hydrogen (secondary N) is 1. The van der Waals surface area contributed by atoms with Gasteiger partial charge in [0.05, 0.1) is 11.5 Å². The van der Waals surface area contributed by atoms with E-state index in [0.29, 0.717) is 12.5 Å². The van der Waals surface area contributed by atoms with Crippen LogP contribution < -0.4 is 10.2 Å². The highest BCUT2D eigenvalue weighted by Crippen LogP contribution is 2.25. The number of para-hydroxylation sites is 1. The summed E-state index contributed by atoms with van der Waals surface area (Å²) < 4.78 is 23.5. The number of hydrogen-bond donors (Lipinski definition) is 1. The fraction of sp³-hybridized carbons (Fsp3) is 0.625. The van der Waals surface area contributed by atoms with Crippen molar-refractivity contribution in [1.82, 2.24) is 5.32 Å². The Balaban J connectivity index is 2.12. The lowest BCUT2D eigenvalue weighted by Gasteiger charge is -2.36. The Morgan fingerprint density at radius 1 is 1.33 bits per heavy atom. The predicted octanol–water partition coefficient (Wildman–Crippen LogP) is 2.06. The molecule has 1 saturated heterocycles. The molecular formula is C16H26N2O2S. The molecule has 0 aromatic heterocycles. The zero-order valence-electron chi connectivity index (χ0n) is 13.2. The smallest absolute Gasteiger partial charge is 0.154 e. The standard InChI is InChI=1S/C16H26N2O2S/c1-13(2)10-17-11-15-6-4-5-7-16(15)18-8-9-21(19,20)12-14(18)3/h4-7,13-14,17H,8-12H2,1-3H3. The number of rotatable bonds is 5. The predicted molar refractivity (Wildman–Crippen MR) is 88.4 cm³/mol. The minimum Gasteiger partial charge on any atom is -0.367 e. The van der Waals surface area contributed by atoms with Gasteiger partial charge < -0.3 is 10.2 Å². The largest absolute Gasteiger partial charge is 0.367 e. The molecule has 0 saturated carbocycles. The molecule has 118 valence electrons. The van der Waals surface area contributed by atoms with Crippen LogP contribution in [0.15, 0.2) is 24.3 Å². The Hall–Kier alpha value is -1.07. The van der Waals surface area contributed by atoms with Gasteiger partial charge in [-0.05, 0) is 31.0 Å². The van der Waals surface area contributed by atoms with Gasteiger partial charge >= 0.3 is 0 Å². The second kappa shape index (κ2) is 6.79. The molecule has 1 heterocycles. The van der Waals surface area contributed by atoms with Gasteiger partial charge in [-0.25, -0.2) is 8.42 Å². The van der Waals surface area contributed by atoms with Crippen LogP contribution in [-0.4, -0.2) is 39.1 Å². The van der Waals surface area contributed by atoms with E-state index in [0.717, 1.165) is 18.8 Å². The first kappa shape index (κ1) is 16.3. The van der Waals surface area contributed by atoms with Crippen molar-refractivity contribution in [3.63, 3.8) is 0 Å². The van der Waals surface area contributed by atoms with E-state index in [1.165, 1.54) is 5.56 Å². The molecule has 1 aliphatic heterocycles. The van der Waals surface area contributed by atoms with E-state index in [1.54, 1.807) is 0 Å². The Bertz CT molecular complexity index is 569. The summed E-state index contributed by atoms with van der Waals surface area (Å²) in [5.41, 5.74) is 2.40. The minimum atomic E-state index is -2.87. The van der Waals surface area contributed by atoms with E-state index < -0.39 is 9.84 Å². The summed E-state index contributed by atoms with van der Waals surface area (Å²) in [5, 5.41) is 3.47. The quantitative estimate of drug-likeness (QED) is 0.904. The number of sulfone groups is 1. The van der Waals surface area contributed by atoms with Gasteiger partial charge in [-0.3, -0.25) is 0 Å². The van der Waals surface area contributed by atoms with E-state index >= 15 is 0 Å². The molecule has 21 heavy (non-hydrogen) atoms. The van der Waals surface area contributed by atoms with E-state index in [-0.39, 0.29) is 17.5 Å². The van der Waals surface area contributed by atoms with Gasteiger partial charge in [0.15, 0.2) is 9.84 Å². The van der Waals surface area contributed by atoms with Crippen LogP contribution in [0.3, 0.4) is 0 Å². The molecule has 1 N–H and O–H groups in total. The van der Waals surface area contributed by atoms with Crippen LogP contribution in [0.4, 0.5) is 5.69 Å². The van der Waals surface area contributed by atoms with Crippen LogP contribution in [0.2, 0.25) is 0 Å². The lowest BCUT2D eigenvalue weighted by molar-refractivity contribution is 0.549. The van der Waals surface area contributed by atoms with E-state index in [4.69, 9.17) is 0 Å². The van der Waals surface area contributed by atoms with Crippen molar-refractivity contribution in [3.05, 3.63) is 29.8 Å². The van der Waals surface area contributed by atoms with Crippen molar-refractivity contribution in [2.75, 3.05) is 29.5 Å². The maximum Gasteiger partial charge on any atom is 0.154 e. The first-order valence-corrected chi connectivity index (χ1v) is 9.47. The molecule has 0 radical (unpaired) electrons. The summed E-state index contributed by atoms with van der Waals surface area (Å²) in [7, 11) is -2.87. The van der Waals surface area contributed by atoms with Gasteiger partial charge in [-0.2, -0.15) is 0 Å². The lowest BCUT2D eigenvalue weighted by Crippen LogP contribution is -2.47. The van der Waals surface area contributed by atoms with E-state index in [9.17, 15) is 8.42 Å². The average Bonchev–Trinajstić information content (AvgIpc) is 2.38. The highest BCUT2D eigenvalue weighted by atomic mass is 32.2. The summed E-state index contributed by atoms with van der Waals surface area (Å²) in [5.74, 6) is 1.13. The van der Waals surface area contributed by atoms with Crippen molar-refractivity contribution >= 4 is 15.5 Å². The highest BCUT2D eigenvalue weighted by molar-refractivity contribution is 7.91. The molecule has 0 spiro atoms. The molecule has 5 heteroatoms. The molecule has 1 aromatic rings. The molecular weight excluding hydrogens is 284 g/mol. The highest BCUT2D eigenvalue weighted by Gasteiger charge is 2.29. The van der Waals surface area contributed by atoms with Crippen molar-refractivity contribution in [2.45, 2.75) is 33.4 Å². The number of hydrogen-bond acceptors (Lipinski definition) is 4. The molecule has 1 unspecified atom stereocenters. The van der Waals surface area contributed by atoms with E-state index in [2.05, 4.69) is 36.2 Å². The second-order valence-electron chi connectivity index (χ2n) is 6.31. The van der Waals surface area contributed by atoms with Crippen LogP contribution in [0.1, 0.15) is 26.3 Å². The summed E-state index contributed by atoms with van der Waals surface area (Å²) in [6.45, 7) is 8.77. The fourth-order valence-electron chi connectivity index (χ4n) is 2.79. The van der Waals surface area contributed by atoms with Gasteiger partial charge in [-0.1, -0.05) is 32.0 Å². The molecule has 1 aromatic carbocycles. The molecule has 1 atom stereocenters. The van der Waals surface area contributed by atoms with Crippen molar-refractivity contribution < 1.29 is 8.42 Å². The number of benzene rings is 1. The molecule has 0 aliphatic carbocycles. The Morgan fingerprint density at radius 3 is 2.71 bits per heavy atom. The van der Waals surface area contributed by atoms with Gasteiger partial charge in [0, 0.05) is 24.8 Å². The third kappa shape index (κ3) is 4.45. The zero-order chi connectivity index (χ0) is 15.5. The third-order valence-electron chi connectivity index (χ3n) is 3.84. The third-order valence-corrected chi connectivity index (χ3v) is 5.63. The van der Waals surface area contributed by atoms with Gasteiger partial charge in [0.25, 0.3) is 0 Å². The molecule has 0 amide bonds. The normalized spacial score (nSPS) is 21.7. The van der Waals surface area contributed by atoms with Crippen molar-refractivity contribution in [1.29, 1.82) is 0 Å². The van der Waals surface area contributed by atoms with E-state index in [1.807, 2.05) is 19.1 Å². The summed E-state index contributed by atoms with van der Waals surface area (Å²) in [6.07, 6.45) is 0. The van der Waals surface area contributed by atoms with Crippen LogP contribution in [-0.2, 0) is 16.4 Å². The Morgan fingerprint density at radius 2 is 2.05 bits per heavy atom. The van der Waals surface area contributed by atoms with Gasteiger partial charge in [-0.15, -0.1) is 0 Å². The fourth-order valence-corrected chi connectivity index (χ4v) is 4.35. The van der Waals surface area contributed by atoms with Gasteiger partial charge in [0.1, 0.15) is 0 Å². The summed E-state index contributed by atoms with van der Waals surface area (Å²) in [6, 6.07) is 8.33. The van der Waals surface area contributed by atoms with Gasteiger partial charge in [0.2, 0.25) is 0 Å². The minimum absolute atomic E-state index is 0.0370. The SMILES string of the molecule is CC(C)CNCc1ccccc1N1CCS(=O)(=O)CC1C. The second-order valence-corrected chi connectivity index (χ2v) is 8.54. The van der Waals surface area contributed by atoms with Crippen molar-refractivity contribution in [2.24, 2.45) is 5.92 Å².